The quantitative estimate of drug-likeness (QED) is 0.910. The Kier molecular flexibility index (Phi) is 4.80. The maximum absolute atomic E-state index is 12.1. The lowest BCUT2D eigenvalue weighted by atomic mass is 10.1. The van der Waals surface area contributed by atoms with Gasteiger partial charge in [-0.05, 0) is 19.8 Å². The molecule has 0 bridgehead atoms. The summed E-state index contributed by atoms with van der Waals surface area (Å²) in [5, 5.41) is 1.97. The first-order valence-electron chi connectivity index (χ1n) is 6.58. The van der Waals surface area contributed by atoms with Gasteiger partial charge in [0.2, 0.25) is 0 Å². The number of likely N-dealkylation sites (tertiary alicyclic amines) is 1. The van der Waals surface area contributed by atoms with Crippen molar-refractivity contribution in [1.82, 2.24) is 14.3 Å². The second kappa shape index (κ2) is 6.22. The largest absolute Gasteiger partial charge is 0.328 e. The van der Waals surface area contributed by atoms with E-state index in [0.717, 1.165) is 48.8 Å². The van der Waals surface area contributed by atoms with Gasteiger partial charge >= 0.3 is 0 Å². The van der Waals surface area contributed by atoms with E-state index in [2.05, 4.69) is 9.88 Å². The van der Waals surface area contributed by atoms with Gasteiger partial charge in [0.15, 0.2) is 4.96 Å². The van der Waals surface area contributed by atoms with Crippen molar-refractivity contribution in [2.24, 2.45) is 5.73 Å². The summed E-state index contributed by atoms with van der Waals surface area (Å²) in [7, 11) is 0. The zero-order valence-electron chi connectivity index (χ0n) is 11.4. The van der Waals surface area contributed by atoms with Crippen LogP contribution in [0.5, 0.6) is 0 Å². The Labute approximate surface area is 127 Å². The van der Waals surface area contributed by atoms with Gasteiger partial charge in [0.1, 0.15) is 0 Å². The van der Waals surface area contributed by atoms with E-state index in [1.807, 2.05) is 12.3 Å². The molecule has 3 rings (SSSR count). The molecule has 0 amide bonds. The van der Waals surface area contributed by atoms with Crippen LogP contribution in [0.3, 0.4) is 0 Å². The first-order chi connectivity index (χ1) is 9.13. The minimum atomic E-state index is 0. The molecule has 3 heterocycles. The van der Waals surface area contributed by atoms with E-state index in [9.17, 15) is 4.79 Å². The average Bonchev–Trinajstić information content (AvgIpc) is 2.74. The van der Waals surface area contributed by atoms with Gasteiger partial charge in [-0.25, -0.2) is 4.98 Å². The molecule has 110 valence electrons. The number of hydrogen-bond acceptors (Lipinski definition) is 5. The van der Waals surface area contributed by atoms with Gasteiger partial charge in [-0.3, -0.25) is 14.1 Å². The number of nitrogens with zero attached hydrogens (tertiary/aromatic N) is 3. The van der Waals surface area contributed by atoms with Crippen LogP contribution in [0, 0.1) is 6.92 Å². The van der Waals surface area contributed by atoms with Crippen LogP contribution in [0.25, 0.3) is 4.96 Å². The van der Waals surface area contributed by atoms with E-state index in [1.165, 1.54) is 11.3 Å². The standard InChI is InChI=1S/C13H18N4OS.ClH/c1-9-8-19-13-15-11(6-12(18)17(9)13)7-16-4-2-10(14)3-5-16;/h6,8,10H,2-5,7,14H2,1H3;1H. The molecule has 2 N–H and O–H groups in total. The molecular weight excluding hydrogens is 296 g/mol. The van der Waals surface area contributed by atoms with Gasteiger partial charge in [0.05, 0.1) is 5.69 Å². The highest BCUT2D eigenvalue weighted by Gasteiger charge is 2.17. The Morgan fingerprint density at radius 1 is 1.45 bits per heavy atom. The smallest absolute Gasteiger partial charge is 0.259 e. The molecular formula is C13H19ClN4OS. The molecule has 0 saturated carbocycles. The van der Waals surface area contributed by atoms with E-state index < -0.39 is 0 Å². The van der Waals surface area contributed by atoms with Crippen molar-refractivity contribution in [2.45, 2.75) is 32.4 Å². The Balaban J connectivity index is 0.00000147. The fraction of sp³-hybridized carbons (Fsp3) is 0.538. The molecule has 1 aliphatic heterocycles. The Bertz CT molecular complexity index is 645. The summed E-state index contributed by atoms with van der Waals surface area (Å²) >= 11 is 1.52. The number of thiazole rings is 1. The fourth-order valence-electron chi connectivity index (χ4n) is 2.52. The maximum atomic E-state index is 12.1. The molecule has 0 radical (unpaired) electrons. The molecule has 0 unspecified atom stereocenters. The van der Waals surface area contributed by atoms with E-state index >= 15 is 0 Å². The lowest BCUT2D eigenvalue weighted by molar-refractivity contribution is 0.203. The van der Waals surface area contributed by atoms with Crippen molar-refractivity contribution in [1.29, 1.82) is 0 Å². The minimum absolute atomic E-state index is 0. The van der Waals surface area contributed by atoms with Crippen LogP contribution >= 0.6 is 23.7 Å². The molecule has 1 fully saturated rings. The highest BCUT2D eigenvalue weighted by molar-refractivity contribution is 7.15. The van der Waals surface area contributed by atoms with Crippen LogP contribution < -0.4 is 11.3 Å². The van der Waals surface area contributed by atoms with Gasteiger partial charge in [-0.1, -0.05) is 0 Å². The molecule has 1 saturated heterocycles. The van der Waals surface area contributed by atoms with Gasteiger partial charge in [-0.2, -0.15) is 0 Å². The summed E-state index contributed by atoms with van der Waals surface area (Å²) in [5.41, 5.74) is 7.73. The predicted octanol–water partition coefficient (Wildman–Crippen LogP) is 1.41. The van der Waals surface area contributed by atoms with Crippen LogP contribution in [0.1, 0.15) is 24.2 Å². The number of aryl methyl sites for hydroxylation is 1. The molecule has 7 heteroatoms. The van der Waals surface area contributed by atoms with Crippen molar-refractivity contribution in [3.05, 3.63) is 33.2 Å². The van der Waals surface area contributed by atoms with Gasteiger partial charge < -0.3 is 5.73 Å². The SMILES string of the molecule is Cc1csc2nc(CN3CCC(N)CC3)cc(=O)n12.Cl. The molecule has 0 spiro atoms. The first-order valence-corrected chi connectivity index (χ1v) is 7.46. The summed E-state index contributed by atoms with van der Waals surface area (Å²) in [6, 6.07) is 1.98. The van der Waals surface area contributed by atoms with Gasteiger partial charge in [-0.15, -0.1) is 23.7 Å². The first kappa shape index (κ1) is 15.4. The normalized spacial score (nSPS) is 17.3. The van der Waals surface area contributed by atoms with Crippen LogP contribution in [0.4, 0.5) is 0 Å². The number of piperidine rings is 1. The lowest BCUT2D eigenvalue weighted by Gasteiger charge is -2.29. The topological polar surface area (TPSA) is 63.6 Å². The van der Waals surface area contributed by atoms with Crippen LogP contribution in [0.15, 0.2) is 16.2 Å². The van der Waals surface area contributed by atoms with E-state index in [-0.39, 0.29) is 18.0 Å². The zero-order chi connectivity index (χ0) is 13.4. The third-order valence-electron chi connectivity index (χ3n) is 3.65. The van der Waals surface area contributed by atoms with Gasteiger partial charge in [0, 0.05) is 42.8 Å². The van der Waals surface area contributed by atoms with Crippen molar-refractivity contribution >= 4 is 28.7 Å². The van der Waals surface area contributed by atoms with Crippen LogP contribution in [-0.2, 0) is 6.54 Å². The average molecular weight is 315 g/mol. The van der Waals surface area contributed by atoms with E-state index in [4.69, 9.17) is 5.73 Å². The zero-order valence-corrected chi connectivity index (χ0v) is 13.0. The molecule has 2 aromatic rings. The van der Waals surface area contributed by atoms with Crippen molar-refractivity contribution in [3.63, 3.8) is 0 Å². The molecule has 0 atom stereocenters. The minimum Gasteiger partial charge on any atom is -0.328 e. The molecule has 5 nitrogen and oxygen atoms in total. The van der Waals surface area contributed by atoms with E-state index in [0.29, 0.717) is 6.04 Å². The summed E-state index contributed by atoms with van der Waals surface area (Å²) in [4.78, 5) is 19.8. The number of nitrogens with two attached hydrogens (primary N) is 1. The third kappa shape index (κ3) is 3.03. The monoisotopic (exact) mass is 314 g/mol. The fourth-order valence-corrected chi connectivity index (χ4v) is 3.41. The maximum Gasteiger partial charge on any atom is 0.259 e. The Morgan fingerprint density at radius 2 is 2.15 bits per heavy atom. The number of halogens is 1. The lowest BCUT2D eigenvalue weighted by Crippen LogP contribution is -2.39. The highest BCUT2D eigenvalue weighted by atomic mass is 35.5. The van der Waals surface area contributed by atoms with Crippen molar-refractivity contribution < 1.29 is 0 Å². The van der Waals surface area contributed by atoms with Crippen molar-refractivity contribution in [2.75, 3.05) is 13.1 Å². The Hall–Kier alpha value is -0.950. The predicted molar refractivity (Wildman–Crippen MR) is 83.8 cm³/mol. The summed E-state index contributed by atoms with van der Waals surface area (Å²) in [6.07, 6.45) is 2.05. The van der Waals surface area contributed by atoms with Crippen LogP contribution in [0.2, 0.25) is 0 Å². The summed E-state index contributed by atoms with van der Waals surface area (Å²) < 4.78 is 1.67. The summed E-state index contributed by atoms with van der Waals surface area (Å²) in [6.45, 7) is 4.66. The third-order valence-corrected chi connectivity index (χ3v) is 4.59. The molecule has 1 aliphatic rings. The molecule has 2 aromatic heterocycles. The molecule has 20 heavy (non-hydrogen) atoms. The Morgan fingerprint density at radius 3 is 2.85 bits per heavy atom. The number of fused-ring (bicyclic) bond motifs is 1. The second-order valence-electron chi connectivity index (χ2n) is 5.19. The molecule has 0 aliphatic carbocycles. The van der Waals surface area contributed by atoms with Crippen LogP contribution in [-0.4, -0.2) is 33.4 Å². The number of hydrogen-bond donors (Lipinski definition) is 1. The second-order valence-corrected chi connectivity index (χ2v) is 6.03. The van der Waals surface area contributed by atoms with Gasteiger partial charge in [0.25, 0.3) is 5.56 Å². The van der Waals surface area contributed by atoms with E-state index in [1.54, 1.807) is 10.5 Å². The molecule has 0 aromatic carbocycles. The summed E-state index contributed by atoms with van der Waals surface area (Å²) in [5.74, 6) is 0. The number of rotatable bonds is 2. The number of aromatic nitrogens is 2. The van der Waals surface area contributed by atoms with Crippen molar-refractivity contribution in [3.8, 4) is 0 Å². The highest BCUT2D eigenvalue weighted by Crippen LogP contribution is 2.14.